The van der Waals surface area contributed by atoms with E-state index in [-0.39, 0.29) is 0 Å². The molecule has 0 aromatic rings. The number of hydrogen-bond donors (Lipinski definition) is 0. The fraction of sp³-hybridized carbons (Fsp3) is 0.944. The van der Waals surface area contributed by atoms with E-state index in [2.05, 4.69) is 50.7 Å². The molecule has 0 spiro atoms. The molecule has 0 aromatic heterocycles. The third kappa shape index (κ3) is 2.95. The molecule has 0 N–H and O–H groups in total. The molecule has 2 rings (SSSR count). The largest absolute Gasteiger partial charge is 0.313 e. The van der Waals surface area contributed by atoms with Crippen LogP contribution in [0.1, 0.15) is 73.6 Å². The SMILES string of the molecule is CC(C)[Si](C(C)C)(C(C)C)N1CCC[N+]2=C1CCCCC2. The first-order chi connectivity index (χ1) is 9.92. The first-order valence-corrected chi connectivity index (χ1v) is 11.5. The Morgan fingerprint density at radius 3 is 1.95 bits per heavy atom. The van der Waals surface area contributed by atoms with Crippen molar-refractivity contribution in [1.29, 1.82) is 0 Å². The van der Waals surface area contributed by atoms with Gasteiger partial charge in [0.05, 0.1) is 19.6 Å². The lowest BCUT2D eigenvalue weighted by molar-refractivity contribution is -0.537. The van der Waals surface area contributed by atoms with Crippen LogP contribution in [0.3, 0.4) is 0 Å². The van der Waals surface area contributed by atoms with Crippen LogP contribution in [0.2, 0.25) is 16.6 Å². The van der Waals surface area contributed by atoms with Crippen LogP contribution < -0.4 is 0 Å². The van der Waals surface area contributed by atoms with Crippen LogP contribution in [-0.2, 0) is 0 Å². The third-order valence-corrected chi connectivity index (χ3v) is 13.0. The van der Waals surface area contributed by atoms with E-state index in [1.165, 1.54) is 51.7 Å². The summed E-state index contributed by atoms with van der Waals surface area (Å²) in [6.45, 7) is 19.0. The molecule has 0 bridgehead atoms. The third-order valence-electron chi connectivity index (χ3n) is 6.06. The maximum Gasteiger partial charge on any atom is 0.268 e. The van der Waals surface area contributed by atoms with Crippen molar-refractivity contribution in [3.8, 4) is 0 Å². The molecule has 3 heteroatoms. The number of rotatable bonds is 4. The molecule has 21 heavy (non-hydrogen) atoms. The van der Waals surface area contributed by atoms with Crippen molar-refractivity contribution >= 4 is 14.1 Å². The van der Waals surface area contributed by atoms with Crippen LogP contribution in [-0.4, -0.2) is 42.8 Å². The summed E-state index contributed by atoms with van der Waals surface area (Å²) in [6, 6.07) is 0. The monoisotopic (exact) mass is 309 g/mol. The lowest BCUT2D eigenvalue weighted by Gasteiger charge is -2.48. The van der Waals surface area contributed by atoms with Crippen molar-refractivity contribution in [3.63, 3.8) is 0 Å². The summed E-state index contributed by atoms with van der Waals surface area (Å²) in [5.74, 6) is 1.74. The highest BCUT2D eigenvalue weighted by atomic mass is 28.3. The quantitative estimate of drug-likeness (QED) is 0.531. The molecule has 122 valence electrons. The maximum atomic E-state index is 3.00. The summed E-state index contributed by atoms with van der Waals surface area (Å²) in [6.07, 6.45) is 6.93. The minimum absolute atomic E-state index is 0.827. The van der Waals surface area contributed by atoms with E-state index in [0.717, 1.165) is 16.6 Å². The van der Waals surface area contributed by atoms with Gasteiger partial charge in [-0.3, -0.25) is 4.58 Å². The second kappa shape index (κ2) is 6.85. The van der Waals surface area contributed by atoms with Crippen LogP contribution in [0.5, 0.6) is 0 Å². The second-order valence-electron chi connectivity index (χ2n) is 8.07. The van der Waals surface area contributed by atoms with Crippen molar-refractivity contribution < 1.29 is 4.58 Å². The number of nitrogens with zero attached hydrogens (tertiary/aromatic N) is 2. The minimum atomic E-state index is -1.50. The van der Waals surface area contributed by atoms with E-state index in [4.69, 9.17) is 0 Å². The van der Waals surface area contributed by atoms with Gasteiger partial charge in [-0.25, -0.2) is 0 Å². The maximum absolute atomic E-state index is 3.00. The molecule has 2 aliphatic rings. The van der Waals surface area contributed by atoms with Gasteiger partial charge in [-0.2, -0.15) is 0 Å². The summed E-state index contributed by atoms with van der Waals surface area (Å²) < 4.78 is 5.76. The Balaban J connectivity index is 2.47. The van der Waals surface area contributed by atoms with Gasteiger partial charge in [0.2, 0.25) is 5.84 Å². The van der Waals surface area contributed by atoms with Gasteiger partial charge in [-0.05, 0) is 35.9 Å². The molecule has 0 amide bonds. The standard InChI is InChI=1S/C18H37N2Si/c1-15(2)21(16(3)4,17(5)6)20-14-10-13-19-12-9-7-8-11-18(19)20/h15-17H,7-14H2,1-6H3/q+1. The van der Waals surface area contributed by atoms with Gasteiger partial charge in [0.25, 0.3) is 8.24 Å². The Hall–Kier alpha value is -0.313. The van der Waals surface area contributed by atoms with Gasteiger partial charge >= 0.3 is 0 Å². The topological polar surface area (TPSA) is 6.25 Å². The smallest absolute Gasteiger partial charge is 0.268 e. The van der Waals surface area contributed by atoms with E-state index in [1.54, 1.807) is 5.84 Å². The highest BCUT2D eigenvalue weighted by Gasteiger charge is 2.56. The molecule has 2 aliphatic heterocycles. The van der Waals surface area contributed by atoms with E-state index in [0.29, 0.717) is 0 Å². The van der Waals surface area contributed by atoms with E-state index < -0.39 is 8.24 Å². The molecule has 0 atom stereocenters. The lowest BCUT2D eigenvalue weighted by atomic mass is 10.2. The number of hydrogen-bond acceptors (Lipinski definition) is 1. The lowest BCUT2D eigenvalue weighted by Crippen LogP contribution is -2.65. The predicted molar refractivity (Wildman–Crippen MR) is 95.8 cm³/mol. The summed E-state index contributed by atoms with van der Waals surface area (Å²) in [5, 5.41) is 0. The van der Waals surface area contributed by atoms with Crippen molar-refractivity contribution in [2.45, 2.75) is 90.3 Å². The van der Waals surface area contributed by atoms with Crippen molar-refractivity contribution in [2.24, 2.45) is 0 Å². The van der Waals surface area contributed by atoms with Crippen LogP contribution in [0, 0.1) is 0 Å². The van der Waals surface area contributed by atoms with Gasteiger partial charge in [0, 0.05) is 12.8 Å². The first kappa shape index (κ1) is 17.0. The fourth-order valence-corrected chi connectivity index (χ4v) is 12.6. The van der Waals surface area contributed by atoms with Crippen molar-refractivity contribution in [2.75, 3.05) is 19.6 Å². The Labute approximate surface area is 133 Å². The van der Waals surface area contributed by atoms with E-state index in [9.17, 15) is 0 Å². The molecular weight excluding hydrogens is 272 g/mol. The van der Waals surface area contributed by atoms with Gasteiger partial charge < -0.3 is 4.57 Å². The fourth-order valence-electron chi connectivity index (χ4n) is 5.50. The molecule has 0 aliphatic carbocycles. The Morgan fingerprint density at radius 2 is 1.38 bits per heavy atom. The summed E-state index contributed by atoms with van der Waals surface area (Å²) in [4.78, 5) is 0. The first-order valence-electron chi connectivity index (χ1n) is 9.30. The van der Waals surface area contributed by atoms with Gasteiger partial charge in [0.1, 0.15) is 0 Å². The highest BCUT2D eigenvalue weighted by molar-refractivity contribution is 6.82. The van der Waals surface area contributed by atoms with Gasteiger partial charge in [-0.1, -0.05) is 41.5 Å². The zero-order valence-electron chi connectivity index (χ0n) is 15.3. The molecule has 0 fully saturated rings. The highest BCUT2D eigenvalue weighted by Crippen LogP contribution is 2.45. The molecular formula is C18H37N2Si+. The molecule has 2 heterocycles. The molecule has 0 saturated heterocycles. The van der Waals surface area contributed by atoms with E-state index in [1.807, 2.05) is 0 Å². The van der Waals surface area contributed by atoms with Gasteiger partial charge in [0.15, 0.2) is 0 Å². The van der Waals surface area contributed by atoms with Crippen LogP contribution in [0.15, 0.2) is 0 Å². The van der Waals surface area contributed by atoms with Crippen LogP contribution in [0.25, 0.3) is 0 Å². The predicted octanol–water partition coefficient (Wildman–Crippen LogP) is 4.85. The summed E-state index contributed by atoms with van der Waals surface area (Å²) in [7, 11) is -1.50. The minimum Gasteiger partial charge on any atom is -0.313 e. The number of amidine groups is 1. The molecule has 0 saturated carbocycles. The zero-order chi connectivity index (χ0) is 15.6. The van der Waals surface area contributed by atoms with Crippen molar-refractivity contribution in [3.05, 3.63) is 0 Å². The summed E-state index contributed by atoms with van der Waals surface area (Å²) >= 11 is 0. The van der Waals surface area contributed by atoms with Crippen molar-refractivity contribution in [1.82, 2.24) is 4.57 Å². The Morgan fingerprint density at radius 1 is 0.810 bits per heavy atom. The normalized spacial score (nSPS) is 21.3. The average molecular weight is 310 g/mol. The zero-order valence-corrected chi connectivity index (χ0v) is 16.3. The Kier molecular flexibility index (Phi) is 5.56. The molecule has 0 aromatic carbocycles. The molecule has 0 unspecified atom stereocenters. The van der Waals surface area contributed by atoms with Gasteiger partial charge in [-0.15, -0.1) is 0 Å². The van der Waals surface area contributed by atoms with Crippen LogP contribution >= 0.6 is 0 Å². The molecule has 0 radical (unpaired) electrons. The summed E-state index contributed by atoms with van der Waals surface area (Å²) in [5.41, 5.74) is 2.48. The average Bonchev–Trinajstić information content (AvgIpc) is 2.63. The second-order valence-corrected chi connectivity index (χ2v) is 13.8. The molecule has 2 nitrogen and oxygen atoms in total. The van der Waals surface area contributed by atoms with E-state index >= 15 is 0 Å². The van der Waals surface area contributed by atoms with Crippen LogP contribution in [0.4, 0.5) is 0 Å². The Bertz CT molecular complexity index is 363.